The number of carboxylic acid groups (broad SMARTS) is 1. The molecule has 13 N–H and O–H groups in total. The third-order valence-electron chi connectivity index (χ3n) is 22.2. The van der Waals surface area contributed by atoms with Crippen molar-refractivity contribution in [2.24, 2.45) is 29.0 Å². The van der Waals surface area contributed by atoms with Crippen LogP contribution in [-0.2, 0) is 141 Å². The second-order valence-electron chi connectivity index (χ2n) is 33.5. The number of hydrogen-bond acceptors (Lipinski definition) is 35. The van der Waals surface area contributed by atoms with E-state index < -0.39 is 126 Å². The first-order valence-electron chi connectivity index (χ1n) is 48.6. The van der Waals surface area contributed by atoms with Crippen LogP contribution < -0.4 is 58.6 Å². The molecular formula is C97H138N18O31. The van der Waals surface area contributed by atoms with Gasteiger partial charge in [0.15, 0.2) is 17.3 Å². The number of rotatable bonds is 82. The first kappa shape index (κ1) is 120. The van der Waals surface area contributed by atoms with Gasteiger partial charge in [-0.1, -0.05) is 18.6 Å². The second-order valence-corrected chi connectivity index (χ2v) is 33.5. The van der Waals surface area contributed by atoms with Crippen molar-refractivity contribution in [1.29, 1.82) is 0 Å². The zero-order valence-corrected chi connectivity index (χ0v) is 83.7. The van der Waals surface area contributed by atoms with Crippen molar-refractivity contribution in [3.63, 3.8) is 0 Å². The first-order chi connectivity index (χ1) is 70.3. The number of primary amides is 2. The SMILES string of the molecule is CCn1nc(C)cc1C(=O)Nc1nc2cc(C(N)=O)cc(OC)c2n1C/C=C/Cn1c(NC(=O)c2cc(C)nn2CC)nc2cc(C(N)=O)cc(OCCCOC(=O)[C@H](C)NC(=O)CCOCCOCCNC(=O)CC[C@H](CC(=O)CN3C(=O)C=CC3=O)C(=O)NCC(=O)CCC(=O)NCC(=O)CCC(=O)CCCOCCOCCOCCOCCOCCOCCOCCOCCC(=O)C[C@@H](CCCCN)C(=O)O)c21. The quantitative estimate of drug-likeness (QED) is 0.0114. The Morgan fingerprint density at radius 3 is 1.41 bits per heavy atom. The molecule has 146 heavy (non-hydrogen) atoms. The smallest absolute Gasteiger partial charge is 0.328 e. The number of nitrogens with two attached hydrogens (primary N) is 3. The molecule has 2 aromatic carbocycles. The fraction of sp³-hybridized carbons (Fsp3) is 0.577. The third-order valence-corrected chi connectivity index (χ3v) is 22.2. The van der Waals surface area contributed by atoms with Crippen molar-refractivity contribution in [2.75, 3.05) is 196 Å². The highest BCUT2D eigenvalue weighted by atomic mass is 16.6. The minimum absolute atomic E-state index is 0.000581. The number of Topliss-reactive ketones (excluding diaryl/α,β-unsaturated/α-hetero) is 5. The Morgan fingerprint density at radius 1 is 0.452 bits per heavy atom. The van der Waals surface area contributed by atoms with E-state index >= 15 is 0 Å². The Labute approximate surface area is 843 Å². The van der Waals surface area contributed by atoms with Crippen molar-refractivity contribution in [2.45, 2.75) is 170 Å². The van der Waals surface area contributed by atoms with E-state index in [1.165, 1.54) is 43.0 Å². The standard InChI is InChI=1S/C97H138N18O31/c1-7-114-78(53-64(3)109-114)92(129)107-96-105-76-57-69(89(99)126)59-80(134-6)87(76)111(96)29-11-12-30-112-88-77(106-97(112)108-93(130)79-54-65(4)110-115(79)8-2)58-70(90(100)127)60-81(88)145-32-14-33-146-95(133)66(5)104-84(123)26-35-137-38-40-138-36-28-101-82(121)21-17-67(55-75(120)63-113-85(124)23-24-86(113)125)91(128)103-62-74(119)20-22-83(122)102-61-73(118)19-18-71(116)16-13-31-135-37-41-139-43-45-141-47-49-143-51-52-144-50-48-142-46-44-140-42-39-136-34-25-72(117)56-68(94(131)132)15-9-10-27-98/h11-12,23-24,53-54,57-60,66-68H,7-10,13-22,25-52,55-56,61-63,98H2,1-6H3,(H2,99,126)(H2,100,127)(H,101,121)(H,102,122)(H,103,128)(H,104,123)(H,131,132)(H,105,107,129)(H,106,108,130)/b12-11+/t66-,67+,68+/m0/s1. The van der Waals surface area contributed by atoms with E-state index in [2.05, 4.69) is 47.1 Å². The van der Waals surface area contributed by atoms with Gasteiger partial charge in [0.2, 0.25) is 47.3 Å². The number of nitrogens with one attached hydrogen (secondary N) is 6. The molecule has 49 heteroatoms. The number of benzene rings is 2. The zero-order valence-electron chi connectivity index (χ0n) is 83.7. The van der Waals surface area contributed by atoms with Gasteiger partial charge in [-0.15, -0.1) is 0 Å². The maximum Gasteiger partial charge on any atom is 0.328 e. The highest BCUT2D eigenvalue weighted by Crippen LogP contribution is 2.34. The number of allylic oxidation sites excluding steroid dienone is 2. The van der Waals surface area contributed by atoms with E-state index in [9.17, 15) is 86.6 Å². The molecule has 0 aliphatic carbocycles. The number of aliphatic carboxylic acids is 1. The van der Waals surface area contributed by atoms with Crippen LogP contribution in [0, 0.1) is 25.7 Å². The minimum atomic E-state index is -1.20. The molecule has 802 valence electrons. The Morgan fingerprint density at radius 2 is 0.911 bits per heavy atom. The number of imide groups is 1. The molecule has 0 saturated heterocycles. The van der Waals surface area contributed by atoms with Crippen LogP contribution in [0.2, 0.25) is 0 Å². The summed E-state index contributed by atoms with van der Waals surface area (Å²) in [5.74, 6) is -11.7. The molecule has 0 fully saturated rings. The molecule has 10 amide bonds. The molecule has 0 bridgehead atoms. The van der Waals surface area contributed by atoms with Gasteiger partial charge in [-0.05, 0) is 103 Å². The summed E-state index contributed by atoms with van der Waals surface area (Å²) in [6.45, 7) is 13.6. The minimum Gasteiger partial charge on any atom is -0.494 e. The third kappa shape index (κ3) is 43.5. The summed E-state index contributed by atoms with van der Waals surface area (Å²) < 4.78 is 78.9. The van der Waals surface area contributed by atoms with Crippen LogP contribution in [-0.4, -0.2) is 340 Å². The number of methoxy groups -OCH3 is 1. The number of nitrogens with zero attached hydrogens (tertiary/aromatic N) is 9. The van der Waals surface area contributed by atoms with Gasteiger partial charge in [-0.25, -0.2) is 14.8 Å². The number of carboxylic acids is 1. The van der Waals surface area contributed by atoms with Crippen LogP contribution >= 0.6 is 0 Å². The summed E-state index contributed by atoms with van der Waals surface area (Å²) in [6.07, 6.45) is 6.17. The van der Waals surface area contributed by atoms with Crippen LogP contribution in [0.3, 0.4) is 0 Å². The Kier molecular flexibility index (Phi) is 54.6. The van der Waals surface area contributed by atoms with Crippen LogP contribution in [0.5, 0.6) is 11.5 Å². The molecule has 0 unspecified atom stereocenters. The highest BCUT2D eigenvalue weighted by Gasteiger charge is 2.32. The van der Waals surface area contributed by atoms with Crippen molar-refractivity contribution in [3.05, 3.63) is 94.6 Å². The molecular weight excluding hydrogens is 1910 g/mol. The second kappa shape index (κ2) is 66.6. The van der Waals surface area contributed by atoms with Crippen LogP contribution in [0.25, 0.3) is 22.1 Å². The number of unbranched alkanes of at least 4 members (excludes halogenated alkanes) is 1. The summed E-state index contributed by atoms with van der Waals surface area (Å²) in [5, 5.41) is 34.0. The van der Waals surface area contributed by atoms with Crippen LogP contribution in [0.4, 0.5) is 11.9 Å². The number of ether oxygens (including phenoxy) is 13. The summed E-state index contributed by atoms with van der Waals surface area (Å²) in [4.78, 5) is 227. The average Bonchev–Trinajstić information content (AvgIpc) is 1.62. The molecule has 0 saturated carbocycles. The van der Waals surface area contributed by atoms with E-state index in [4.69, 9.17) is 83.8 Å². The zero-order chi connectivity index (χ0) is 106. The maximum atomic E-state index is 14.1. The summed E-state index contributed by atoms with van der Waals surface area (Å²) in [7, 11) is 1.41. The van der Waals surface area contributed by atoms with Crippen molar-refractivity contribution >= 4 is 134 Å². The molecule has 6 aromatic rings. The fourth-order valence-electron chi connectivity index (χ4n) is 14.5. The summed E-state index contributed by atoms with van der Waals surface area (Å²) in [5.41, 5.74) is 20.1. The largest absolute Gasteiger partial charge is 0.494 e. The van der Waals surface area contributed by atoms with Crippen molar-refractivity contribution in [3.8, 4) is 11.5 Å². The van der Waals surface area contributed by atoms with Gasteiger partial charge in [-0.2, -0.15) is 10.2 Å². The lowest BCUT2D eigenvalue weighted by molar-refractivity contribution is -0.147. The molecule has 1 aliphatic heterocycles. The average molecular weight is 2050 g/mol. The van der Waals surface area contributed by atoms with Gasteiger partial charge in [-0.3, -0.25) is 102 Å². The molecule has 0 spiro atoms. The Hall–Kier alpha value is -13.4. The molecule has 7 rings (SSSR count). The number of aryl methyl sites for hydroxylation is 4. The van der Waals surface area contributed by atoms with Gasteiger partial charge in [0.05, 0.1) is 194 Å². The molecule has 5 heterocycles. The van der Waals surface area contributed by atoms with Crippen molar-refractivity contribution in [1.82, 2.24) is 64.8 Å². The van der Waals surface area contributed by atoms with E-state index in [-0.39, 0.29) is 212 Å². The number of ketones is 5. The van der Waals surface area contributed by atoms with Crippen LogP contribution in [0.15, 0.2) is 60.7 Å². The first-order valence-corrected chi connectivity index (χ1v) is 48.6. The van der Waals surface area contributed by atoms with E-state index in [1.807, 2.05) is 13.8 Å². The normalized spacial score (nSPS) is 12.5. The number of carbonyl (C=O) groups excluding carboxylic acids is 16. The Balaban J connectivity index is 0.715. The fourth-order valence-corrected chi connectivity index (χ4v) is 14.5. The molecule has 49 nitrogen and oxygen atoms in total. The summed E-state index contributed by atoms with van der Waals surface area (Å²) >= 11 is 0. The van der Waals surface area contributed by atoms with Gasteiger partial charge < -0.3 is 114 Å². The van der Waals surface area contributed by atoms with Gasteiger partial charge in [0, 0.05) is 139 Å². The predicted octanol–water partition coefficient (Wildman–Crippen LogP) is 2.63. The number of esters is 1. The topological polar surface area (TPSA) is 655 Å². The lowest BCUT2D eigenvalue weighted by Crippen LogP contribution is -2.40. The number of carbonyl (C=O) groups is 17. The molecule has 4 aromatic heterocycles. The van der Waals surface area contributed by atoms with E-state index in [0.717, 1.165) is 18.6 Å². The molecule has 3 atom stereocenters. The van der Waals surface area contributed by atoms with E-state index in [1.54, 1.807) is 51.9 Å². The number of aromatic nitrogens is 8. The molecule has 1 aliphatic rings. The lowest BCUT2D eigenvalue weighted by atomic mass is 9.95. The number of imidazole rings is 2. The van der Waals surface area contributed by atoms with E-state index in [0.29, 0.717) is 165 Å². The van der Waals surface area contributed by atoms with Gasteiger partial charge in [0.1, 0.15) is 51.5 Å². The Bertz CT molecular complexity index is 5390. The lowest BCUT2D eigenvalue weighted by Gasteiger charge is -2.18. The summed E-state index contributed by atoms with van der Waals surface area (Å²) in [6, 6.07) is 7.97. The highest BCUT2D eigenvalue weighted by molar-refractivity contribution is 6.15. The number of fused-ring (bicyclic) bond motifs is 2. The maximum absolute atomic E-state index is 14.1. The number of anilines is 2. The number of amides is 10. The predicted molar refractivity (Wildman–Crippen MR) is 523 cm³/mol. The van der Waals surface area contributed by atoms with Gasteiger partial charge >= 0.3 is 11.9 Å². The van der Waals surface area contributed by atoms with Gasteiger partial charge in [0.25, 0.3) is 23.6 Å². The van der Waals surface area contributed by atoms with Crippen LogP contribution in [0.1, 0.15) is 177 Å². The monoisotopic (exact) mass is 2050 g/mol. The van der Waals surface area contributed by atoms with Crippen molar-refractivity contribution < 1.29 is 148 Å². The molecule has 0 radical (unpaired) electrons. The number of hydrogen-bond donors (Lipinski definition) is 10.